The highest BCUT2D eigenvalue weighted by molar-refractivity contribution is 6.42. The second-order valence-corrected chi connectivity index (χ2v) is 8.42. The van der Waals surface area contributed by atoms with Crippen LogP contribution in [0.4, 0.5) is 0 Å². The summed E-state index contributed by atoms with van der Waals surface area (Å²) in [7, 11) is 0. The van der Waals surface area contributed by atoms with Crippen LogP contribution in [0, 0.1) is 0 Å². The summed E-state index contributed by atoms with van der Waals surface area (Å²) in [6.45, 7) is 3.45. The summed E-state index contributed by atoms with van der Waals surface area (Å²) in [6.07, 6.45) is 0. The van der Waals surface area contributed by atoms with Crippen LogP contribution in [0.1, 0.15) is 13.8 Å². The fourth-order valence-electron chi connectivity index (χ4n) is 1.21. The maximum Gasteiger partial charge on any atom is 0.0693 e. The lowest BCUT2D eigenvalue weighted by molar-refractivity contribution is 0.621. The molecule has 8 atom stereocenters. The van der Waals surface area contributed by atoms with Crippen molar-refractivity contribution in [1.29, 1.82) is 0 Å². The molecule has 0 amide bonds. The van der Waals surface area contributed by atoms with Crippen molar-refractivity contribution < 1.29 is 0 Å². The first-order valence-corrected chi connectivity index (χ1v) is 8.73. The number of alkyl halides is 8. The molecule has 0 heterocycles. The zero-order chi connectivity index (χ0) is 14.6. The number of hydrogen-bond acceptors (Lipinski definition) is 0. The van der Waals surface area contributed by atoms with Crippen LogP contribution < -0.4 is 0 Å². The topological polar surface area (TPSA) is 0 Å². The molecule has 8 unspecified atom stereocenters. The molecule has 8 heteroatoms. The van der Waals surface area contributed by atoms with Crippen molar-refractivity contribution in [2.24, 2.45) is 0 Å². The Morgan fingerprint density at radius 1 is 0.389 bits per heavy atom. The van der Waals surface area contributed by atoms with Gasteiger partial charge in [0, 0.05) is 10.8 Å². The van der Waals surface area contributed by atoms with Gasteiger partial charge in [0.05, 0.1) is 32.3 Å². The molecule has 0 rings (SSSR count). The van der Waals surface area contributed by atoms with Crippen LogP contribution in [0.5, 0.6) is 0 Å². The molecule has 0 N–H and O–H groups in total. The molecule has 0 bridgehead atoms. The molecule has 0 spiro atoms. The molecule has 18 heavy (non-hydrogen) atoms. The first-order valence-electron chi connectivity index (χ1n) is 5.23. The van der Waals surface area contributed by atoms with E-state index in [1.54, 1.807) is 13.8 Å². The van der Waals surface area contributed by atoms with Gasteiger partial charge in [0.1, 0.15) is 0 Å². The Kier molecular flexibility index (Phi) is 10.6. The summed E-state index contributed by atoms with van der Waals surface area (Å²) in [5.74, 6) is 0. The van der Waals surface area contributed by atoms with Crippen LogP contribution >= 0.6 is 92.8 Å². The van der Waals surface area contributed by atoms with Crippen molar-refractivity contribution >= 4 is 92.8 Å². The molecule has 0 fully saturated rings. The van der Waals surface area contributed by atoms with Crippen molar-refractivity contribution in [1.82, 2.24) is 0 Å². The second-order valence-electron chi connectivity index (χ2n) is 4.02. The largest absolute Gasteiger partial charge is 0.122 e. The van der Waals surface area contributed by atoms with E-state index in [9.17, 15) is 0 Å². The summed E-state index contributed by atoms with van der Waals surface area (Å²) in [6, 6.07) is 0. The van der Waals surface area contributed by atoms with E-state index in [4.69, 9.17) is 92.8 Å². The van der Waals surface area contributed by atoms with Gasteiger partial charge in [-0.05, 0) is 13.8 Å². The van der Waals surface area contributed by atoms with Crippen LogP contribution in [-0.2, 0) is 0 Å². The van der Waals surface area contributed by atoms with Gasteiger partial charge in [-0.1, -0.05) is 0 Å². The van der Waals surface area contributed by atoms with Gasteiger partial charge < -0.3 is 0 Å². The zero-order valence-electron chi connectivity index (χ0n) is 9.64. The second kappa shape index (κ2) is 9.36. The van der Waals surface area contributed by atoms with Crippen molar-refractivity contribution in [3.8, 4) is 0 Å². The van der Waals surface area contributed by atoms with Gasteiger partial charge in [-0.25, -0.2) is 0 Å². The van der Waals surface area contributed by atoms with E-state index < -0.39 is 32.3 Å². The lowest BCUT2D eigenvalue weighted by Gasteiger charge is -2.30. The van der Waals surface area contributed by atoms with Crippen LogP contribution in [0.25, 0.3) is 0 Å². The van der Waals surface area contributed by atoms with Crippen molar-refractivity contribution in [2.75, 3.05) is 0 Å². The molecule has 0 nitrogen and oxygen atoms in total. The molecule has 0 saturated heterocycles. The third-order valence-corrected chi connectivity index (χ3v) is 7.31. The average molecular weight is 418 g/mol. The molecule has 0 aliphatic carbocycles. The van der Waals surface area contributed by atoms with Gasteiger partial charge in [0.15, 0.2) is 0 Å². The molecular weight excluding hydrogens is 404 g/mol. The normalized spacial score (nSPS) is 25.7. The molecule has 0 radical (unpaired) electrons. The predicted molar refractivity (Wildman–Crippen MR) is 88.5 cm³/mol. The van der Waals surface area contributed by atoms with Gasteiger partial charge in [0.25, 0.3) is 0 Å². The van der Waals surface area contributed by atoms with Crippen molar-refractivity contribution in [3.63, 3.8) is 0 Å². The number of hydrogen-bond donors (Lipinski definition) is 0. The molecule has 0 aliphatic heterocycles. The lowest BCUT2D eigenvalue weighted by atomic mass is 10.1. The smallest absolute Gasteiger partial charge is 0.0693 e. The summed E-state index contributed by atoms with van der Waals surface area (Å²) >= 11 is 48.4. The Balaban J connectivity index is 4.63. The zero-order valence-corrected chi connectivity index (χ0v) is 15.7. The lowest BCUT2D eigenvalue weighted by Crippen LogP contribution is -2.43. The van der Waals surface area contributed by atoms with E-state index in [-0.39, 0.29) is 10.8 Å². The van der Waals surface area contributed by atoms with E-state index >= 15 is 0 Å². The maximum atomic E-state index is 6.17. The monoisotopic (exact) mass is 414 g/mol. The van der Waals surface area contributed by atoms with E-state index in [1.807, 2.05) is 0 Å². The Bertz CT molecular complexity index is 210. The van der Waals surface area contributed by atoms with E-state index in [0.29, 0.717) is 0 Å². The minimum Gasteiger partial charge on any atom is -0.122 e. The molecule has 110 valence electrons. The summed E-state index contributed by atoms with van der Waals surface area (Å²) in [5, 5.41) is -4.32. The van der Waals surface area contributed by atoms with Crippen molar-refractivity contribution in [3.05, 3.63) is 0 Å². The number of rotatable bonds is 7. The van der Waals surface area contributed by atoms with Gasteiger partial charge >= 0.3 is 0 Å². The Labute approximate surface area is 148 Å². The maximum absolute atomic E-state index is 6.17. The summed E-state index contributed by atoms with van der Waals surface area (Å²) in [5.41, 5.74) is 0. The Morgan fingerprint density at radius 2 is 0.556 bits per heavy atom. The Hall–Kier alpha value is 2.32. The molecule has 0 aliphatic rings. The van der Waals surface area contributed by atoms with Gasteiger partial charge in [-0.2, -0.15) is 0 Å². The summed E-state index contributed by atoms with van der Waals surface area (Å²) in [4.78, 5) is 0. The summed E-state index contributed by atoms with van der Waals surface area (Å²) < 4.78 is 0. The van der Waals surface area contributed by atoms with E-state index in [2.05, 4.69) is 0 Å². The molecule has 0 saturated carbocycles. The molecule has 0 aromatic carbocycles. The van der Waals surface area contributed by atoms with Gasteiger partial charge in [-0.3, -0.25) is 0 Å². The SMILES string of the molecule is CC(Cl)C(Cl)C(Cl)C(Cl)C(Cl)C(Cl)C(Cl)C(C)Cl. The third kappa shape index (κ3) is 5.98. The first kappa shape index (κ1) is 20.3. The van der Waals surface area contributed by atoms with Gasteiger partial charge in [-0.15, -0.1) is 92.8 Å². The van der Waals surface area contributed by atoms with E-state index in [0.717, 1.165) is 0 Å². The molecule has 0 aromatic rings. The first-order chi connectivity index (χ1) is 8.11. The van der Waals surface area contributed by atoms with Crippen molar-refractivity contribution in [2.45, 2.75) is 56.9 Å². The van der Waals surface area contributed by atoms with Crippen LogP contribution in [-0.4, -0.2) is 43.0 Å². The Morgan fingerprint density at radius 3 is 0.722 bits per heavy atom. The highest BCUT2D eigenvalue weighted by Crippen LogP contribution is 2.33. The number of halogens is 8. The quantitative estimate of drug-likeness (QED) is 0.453. The average Bonchev–Trinajstić information content (AvgIpc) is 2.32. The fourth-order valence-corrected chi connectivity index (χ4v) is 3.66. The fraction of sp³-hybridized carbons (Fsp3) is 1.00. The van der Waals surface area contributed by atoms with Crippen LogP contribution in [0.15, 0.2) is 0 Å². The van der Waals surface area contributed by atoms with Crippen LogP contribution in [0.2, 0.25) is 0 Å². The van der Waals surface area contributed by atoms with E-state index in [1.165, 1.54) is 0 Å². The minimum atomic E-state index is -0.670. The highest BCUT2D eigenvalue weighted by Gasteiger charge is 2.39. The van der Waals surface area contributed by atoms with Crippen LogP contribution in [0.3, 0.4) is 0 Å². The third-order valence-electron chi connectivity index (χ3n) is 2.40. The molecular formula is C10H14Cl8. The molecule has 0 aromatic heterocycles. The van der Waals surface area contributed by atoms with Gasteiger partial charge in [0.2, 0.25) is 0 Å². The highest BCUT2D eigenvalue weighted by atomic mass is 35.5. The minimum absolute atomic E-state index is 0.341. The predicted octanol–water partition coefficient (Wildman–Crippen LogP) is 5.89. The standard InChI is InChI=1S/C10H14Cl8/c1-3(11)5(13)7(15)9(17)10(18)8(16)6(14)4(2)12/h3-10H,1-2H3.